The molecule has 0 radical (unpaired) electrons. The molecule has 0 fully saturated rings. The topological polar surface area (TPSA) is 43.6 Å². The first-order chi connectivity index (χ1) is 21.7. The van der Waals surface area contributed by atoms with E-state index < -0.39 is 0 Å². The van der Waals surface area contributed by atoms with Crippen molar-refractivity contribution in [2.75, 3.05) is 0 Å². The summed E-state index contributed by atoms with van der Waals surface area (Å²) < 4.78 is 2.29. The molecule has 2 heterocycles. The molecule has 0 aliphatic heterocycles. The van der Waals surface area contributed by atoms with Crippen LogP contribution in [0.4, 0.5) is 0 Å². The van der Waals surface area contributed by atoms with Crippen molar-refractivity contribution >= 4 is 33.4 Å². The molecule has 0 unspecified atom stereocenters. The van der Waals surface area contributed by atoms with Gasteiger partial charge in [0.2, 0.25) is 5.28 Å². The van der Waals surface area contributed by atoms with Crippen LogP contribution in [0.2, 0.25) is 5.28 Å². The van der Waals surface area contributed by atoms with Gasteiger partial charge in [-0.3, -0.25) is 0 Å². The molecule has 8 aromatic rings. The van der Waals surface area contributed by atoms with E-state index in [4.69, 9.17) is 16.6 Å². The molecule has 44 heavy (non-hydrogen) atoms. The highest BCUT2D eigenvalue weighted by molar-refractivity contribution is 6.28. The molecule has 0 saturated carbocycles. The van der Waals surface area contributed by atoms with Crippen molar-refractivity contribution in [2.24, 2.45) is 0 Å². The van der Waals surface area contributed by atoms with Crippen molar-refractivity contribution < 1.29 is 0 Å². The van der Waals surface area contributed by atoms with E-state index in [9.17, 15) is 0 Å². The van der Waals surface area contributed by atoms with Crippen LogP contribution in [0.25, 0.3) is 72.5 Å². The normalized spacial score (nSPS) is 11.3. The van der Waals surface area contributed by atoms with Gasteiger partial charge in [0.05, 0.1) is 11.0 Å². The van der Waals surface area contributed by atoms with Crippen LogP contribution >= 0.6 is 11.6 Å². The lowest BCUT2D eigenvalue weighted by atomic mass is 9.96. The Balaban J connectivity index is 1.29. The van der Waals surface area contributed by atoms with Crippen molar-refractivity contribution in [1.29, 1.82) is 0 Å². The smallest absolute Gasteiger partial charge is 0.226 e. The molecule has 2 aromatic heterocycles. The van der Waals surface area contributed by atoms with E-state index in [-0.39, 0.29) is 5.28 Å². The van der Waals surface area contributed by atoms with Crippen LogP contribution in [0.3, 0.4) is 0 Å². The van der Waals surface area contributed by atoms with Gasteiger partial charge in [0.1, 0.15) is 0 Å². The summed E-state index contributed by atoms with van der Waals surface area (Å²) in [6.45, 7) is 0. The second-order valence-electron chi connectivity index (χ2n) is 10.7. The maximum atomic E-state index is 6.59. The summed E-state index contributed by atoms with van der Waals surface area (Å²) in [6.07, 6.45) is 0. The second-order valence-corrected chi connectivity index (χ2v) is 11.0. The third-order valence-electron chi connectivity index (χ3n) is 7.96. The molecule has 0 saturated heterocycles. The van der Waals surface area contributed by atoms with Gasteiger partial charge in [0, 0.05) is 27.6 Å². The highest BCUT2D eigenvalue weighted by Crippen LogP contribution is 2.36. The Morgan fingerprint density at radius 3 is 1.57 bits per heavy atom. The Kier molecular flexibility index (Phi) is 6.47. The lowest BCUT2D eigenvalue weighted by Crippen LogP contribution is -1.98. The summed E-state index contributed by atoms with van der Waals surface area (Å²) in [7, 11) is 0. The maximum absolute atomic E-state index is 6.59. The third kappa shape index (κ3) is 4.72. The van der Waals surface area contributed by atoms with Crippen molar-refractivity contribution in [1.82, 2.24) is 19.5 Å². The van der Waals surface area contributed by atoms with Crippen molar-refractivity contribution in [3.05, 3.63) is 157 Å². The molecule has 6 aromatic carbocycles. The molecule has 8 rings (SSSR count). The minimum Gasteiger partial charge on any atom is -0.309 e. The van der Waals surface area contributed by atoms with Crippen LogP contribution < -0.4 is 0 Å². The Morgan fingerprint density at radius 1 is 0.386 bits per heavy atom. The zero-order valence-electron chi connectivity index (χ0n) is 23.6. The number of hydrogen-bond donors (Lipinski definition) is 0. The van der Waals surface area contributed by atoms with E-state index in [0.29, 0.717) is 11.6 Å². The lowest BCUT2D eigenvalue weighted by molar-refractivity contribution is 1.07. The average molecular weight is 585 g/mol. The Bertz CT molecular complexity index is 2220. The molecule has 0 amide bonds. The fraction of sp³-hybridized carbons (Fsp3) is 0. The molecular formula is C39H25ClN4. The van der Waals surface area contributed by atoms with Gasteiger partial charge >= 0.3 is 0 Å². The van der Waals surface area contributed by atoms with E-state index in [2.05, 4.69) is 124 Å². The number of nitrogens with zero attached hydrogens (tertiary/aromatic N) is 4. The van der Waals surface area contributed by atoms with Crippen molar-refractivity contribution in [2.45, 2.75) is 0 Å². The molecule has 0 aliphatic rings. The van der Waals surface area contributed by atoms with Crippen molar-refractivity contribution in [3.8, 4) is 50.7 Å². The number of rotatable bonds is 5. The summed E-state index contributed by atoms with van der Waals surface area (Å²) in [6, 6.07) is 52.4. The number of halogens is 1. The Morgan fingerprint density at radius 2 is 0.909 bits per heavy atom. The van der Waals surface area contributed by atoms with Gasteiger partial charge in [0.25, 0.3) is 0 Å². The quantitative estimate of drug-likeness (QED) is 0.202. The third-order valence-corrected chi connectivity index (χ3v) is 8.13. The Hall–Kier alpha value is -5.58. The van der Waals surface area contributed by atoms with Crippen LogP contribution in [0.1, 0.15) is 0 Å². The summed E-state index contributed by atoms with van der Waals surface area (Å²) >= 11 is 6.59. The minimum atomic E-state index is 0.156. The van der Waals surface area contributed by atoms with Crippen molar-refractivity contribution in [3.63, 3.8) is 0 Å². The van der Waals surface area contributed by atoms with Gasteiger partial charge in [-0.05, 0) is 88.5 Å². The molecule has 0 bridgehead atoms. The highest BCUT2D eigenvalue weighted by Gasteiger charge is 2.16. The molecule has 0 atom stereocenters. The van der Waals surface area contributed by atoms with Gasteiger partial charge in [-0.1, -0.05) is 97.1 Å². The van der Waals surface area contributed by atoms with Gasteiger partial charge < -0.3 is 4.57 Å². The van der Waals surface area contributed by atoms with Crippen LogP contribution in [0.15, 0.2) is 152 Å². The predicted octanol–water partition coefficient (Wildman–Crippen LogP) is 10.3. The van der Waals surface area contributed by atoms with Crippen LogP contribution in [-0.2, 0) is 0 Å². The zero-order chi connectivity index (χ0) is 29.5. The first-order valence-electron chi connectivity index (χ1n) is 14.5. The molecule has 208 valence electrons. The largest absolute Gasteiger partial charge is 0.309 e. The average Bonchev–Trinajstić information content (AvgIpc) is 3.43. The number of aromatic nitrogens is 4. The van der Waals surface area contributed by atoms with Crippen LogP contribution in [0.5, 0.6) is 0 Å². The monoisotopic (exact) mass is 584 g/mol. The number of hydrogen-bond acceptors (Lipinski definition) is 3. The van der Waals surface area contributed by atoms with Gasteiger partial charge in [-0.25, -0.2) is 4.98 Å². The Labute approximate surface area is 259 Å². The molecule has 0 N–H and O–H groups in total. The van der Waals surface area contributed by atoms with E-state index in [1.165, 1.54) is 0 Å². The number of fused-ring (bicyclic) bond motifs is 3. The highest BCUT2D eigenvalue weighted by atomic mass is 35.5. The maximum Gasteiger partial charge on any atom is 0.226 e. The lowest BCUT2D eigenvalue weighted by Gasteiger charge is -2.11. The predicted molar refractivity (Wildman–Crippen MR) is 181 cm³/mol. The van der Waals surface area contributed by atoms with E-state index in [1.807, 2.05) is 42.5 Å². The summed E-state index contributed by atoms with van der Waals surface area (Å²) in [5, 5.41) is 2.44. The van der Waals surface area contributed by atoms with Crippen LogP contribution in [0, 0.1) is 0 Å². The fourth-order valence-corrected chi connectivity index (χ4v) is 6.09. The van der Waals surface area contributed by atoms with Gasteiger partial charge in [-0.2, -0.15) is 9.97 Å². The molecular weight excluding hydrogens is 560 g/mol. The molecule has 0 aliphatic carbocycles. The molecule has 4 nitrogen and oxygen atoms in total. The number of benzene rings is 6. The van der Waals surface area contributed by atoms with Gasteiger partial charge in [-0.15, -0.1) is 0 Å². The summed E-state index contributed by atoms with van der Waals surface area (Å²) in [5.74, 6) is 1.06. The van der Waals surface area contributed by atoms with Gasteiger partial charge in [0.15, 0.2) is 11.6 Å². The standard InChI is InChI=1S/C39H25ClN4/c40-39-42-37(28-20-21-36-34(25-28)33-18-10-11-19-35(33)44(36)32-16-8-3-9-17-32)41-38(43-39)31-23-29(26-12-4-1-5-13-26)22-30(24-31)27-14-6-2-7-15-27/h1-25H. The minimum absolute atomic E-state index is 0.156. The van der Waals surface area contributed by atoms with Crippen LogP contribution in [-0.4, -0.2) is 19.5 Å². The fourth-order valence-electron chi connectivity index (χ4n) is 5.93. The summed E-state index contributed by atoms with van der Waals surface area (Å²) in [5.41, 5.74) is 9.52. The molecule has 5 heteroatoms. The summed E-state index contributed by atoms with van der Waals surface area (Å²) in [4.78, 5) is 14.2. The number of para-hydroxylation sites is 2. The van der Waals surface area contributed by atoms with E-state index in [0.717, 1.165) is 60.9 Å². The van der Waals surface area contributed by atoms with E-state index >= 15 is 0 Å². The van der Waals surface area contributed by atoms with E-state index in [1.54, 1.807) is 0 Å². The molecule has 0 spiro atoms. The second kappa shape index (κ2) is 10.9. The first-order valence-corrected chi connectivity index (χ1v) is 14.9. The SMILES string of the molecule is Clc1nc(-c2cc(-c3ccccc3)cc(-c3ccccc3)c2)nc(-c2ccc3c(c2)c2ccccc2n3-c2ccccc2)n1. The first kappa shape index (κ1) is 26.1. The zero-order valence-corrected chi connectivity index (χ0v) is 24.4.